The average Bonchev–Trinajstić information content (AvgIpc) is 2.28. The van der Waals surface area contributed by atoms with E-state index >= 15 is 0 Å². The fraction of sp³-hybridized carbons (Fsp3) is 0.286. The minimum atomic E-state index is -0.580. The first-order valence-corrected chi connectivity index (χ1v) is 5.84. The van der Waals surface area contributed by atoms with Crippen LogP contribution in [0.4, 0.5) is 5.69 Å². The van der Waals surface area contributed by atoms with Gasteiger partial charge in [-0.1, -0.05) is 0 Å². The van der Waals surface area contributed by atoms with Crippen molar-refractivity contribution in [2.45, 2.75) is 26.9 Å². The molecule has 1 heterocycles. The zero-order chi connectivity index (χ0) is 13.3. The minimum absolute atomic E-state index is 0.0967. The van der Waals surface area contributed by atoms with Gasteiger partial charge in [0, 0.05) is 18.0 Å². The second-order valence-corrected chi connectivity index (χ2v) is 4.45. The van der Waals surface area contributed by atoms with Crippen LogP contribution in [-0.4, -0.2) is 16.0 Å². The van der Waals surface area contributed by atoms with Crippen molar-refractivity contribution >= 4 is 22.5 Å². The monoisotopic (exact) mass is 244 g/mol. The summed E-state index contributed by atoms with van der Waals surface area (Å²) in [6.45, 7) is 5.14. The Morgan fingerprint density at radius 2 is 2.11 bits per heavy atom. The molecule has 1 aromatic heterocycles. The fourth-order valence-corrected chi connectivity index (χ4v) is 1.92. The number of fused-ring (bicyclic) bond motifs is 1. The molecule has 0 saturated carbocycles. The van der Waals surface area contributed by atoms with Gasteiger partial charge < -0.3 is 10.4 Å². The first-order valence-electron chi connectivity index (χ1n) is 5.84. The molecule has 0 spiro atoms. The molecule has 1 aromatic carbocycles. The van der Waals surface area contributed by atoms with Gasteiger partial charge in [-0.15, -0.1) is 0 Å². The van der Waals surface area contributed by atoms with Crippen molar-refractivity contribution in [3.63, 3.8) is 0 Å². The Kier molecular flexibility index (Phi) is 3.30. The summed E-state index contributed by atoms with van der Waals surface area (Å²) in [5.74, 6) is -0.0967. The molecule has 2 rings (SSSR count). The maximum Gasteiger partial charge on any atom is 0.221 e. The van der Waals surface area contributed by atoms with Crippen LogP contribution in [0, 0.1) is 6.92 Å². The molecular formula is C14H16N2O2. The Morgan fingerprint density at radius 1 is 1.39 bits per heavy atom. The van der Waals surface area contributed by atoms with Crippen LogP contribution >= 0.6 is 0 Å². The molecule has 2 aromatic rings. The molecule has 4 heteroatoms. The molecule has 4 nitrogen and oxygen atoms in total. The van der Waals surface area contributed by atoms with Gasteiger partial charge in [-0.2, -0.15) is 0 Å². The number of nitrogens with one attached hydrogen (secondary N) is 1. The van der Waals surface area contributed by atoms with Crippen LogP contribution in [0.2, 0.25) is 0 Å². The van der Waals surface area contributed by atoms with Crippen LogP contribution < -0.4 is 5.32 Å². The molecule has 0 aliphatic heterocycles. The van der Waals surface area contributed by atoms with Crippen molar-refractivity contribution < 1.29 is 9.90 Å². The lowest BCUT2D eigenvalue weighted by Crippen LogP contribution is -2.05. The SMILES string of the molecule is CC(=O)Nc1ccc2nc(C(C)O)cc(C)c2c1. The van der Waals surface area contributed by atoms with Crippen LogP contribution in [0.25, 0.3) is 10.9 Å². The quantitative estimate of drug-likeness (QED) is 0.853. The number of aliphatic hydroxyl groups is 1. The topological polar surface area (TPSA) is 62.2 Å². The van der Waals surface area contributed by atoms with Gasteiger partial charge in [0.25, 0.3) is 0 Å². The number of hydrogen-bond acceptors (Lipinski definition) is 3. The Bertz CT molecular complexity index is 606. The van der Waals surface area contributed by atoms with Crippen molar-refractivity contribution in [3.05, 3.63) is 35.5 Å². The summed E-state index contributed by atoms with van der Waals surface area (Å²) in [5, 5.41) is 13.3. The van der Waals surface area contributed by atoms with Gasteiger partial charge >= 0.3 is 0 Å². The van der Waals surface area contributed by atoms with Crippen molar-refractivity contribution in [2.24, 2.45) is 0 Å². The summed E-state index contributed by atoms with van der Waals surface area (Å²) < 4.78 is 0. The maximum atomic E-state index is 11.0. The molecule has 0 radical (unpaired) electrons. The second-order valence-electron chi connectivity index (χ2n) is 4.45. The molecule has 94 valence electrons. The fourth-order valence-electron chi connectivity index (χ4n) is 1.92. The van der Waals surface area contributed by atoms with E-state index < -0.39 is 6.10 Å². The van der Waals surface area contributed by atoms with Gasteiger partial charge in [-0.25, -0.2) is 0 Å². The predicted molar refractivity (Wildman–Crippen MR) is 71.4 cm³/mol. The van der Waals surface area contributed by atoms with Crippen LogP contribution in [-0.2, 0) is 4.79 Å². The second kappa shape index (κ2) is 4.74. The summed E-state index contributed by atoms with van der Waals surface area (Å²) in [4.78, 5) is 15.4. The van der Waals surface area contributed by atoms with E-state index in [2.05, 4.69) is 10.3 Å². The van der Waals surface area contributed by atoms with Crippen molar-refractivity contribution in [3.8, 4) is 0 Å². The third kappa shape index (κ3) is 2.49. The van der Waals surface area contributed by atoms with E-state index in [1.54, 1.807) is 6.92 Å². The number of hydrogen-bond donors (Lipinski definition) is 2. The summed E-state index contributed by atoms with van der Waals surface area (Å²) in [6.07, 6.45) is -0.580. The number of amides is 1. The van der Waals surface area contributed by atoms with E-state index in [9.17, 15) is 9.90 Å². The standard InChI is InChI=1S/C14H16N2O2/c1-8-6-14(9(2)17)16-13-5-4-11(7-12(8)13)15-10(3)18/h4-7,9,17H,1-3H3,(H,15,18). The lowest BCUT2D eigenvalue weighted by Gasteiger charge is -2.10. The number of carbonyl (C=O) groups is 1. The van der Waals surface area contributed by atoms with E-state index in [0.29, 0.717) is 5.69 Å². The van der Waals surface area contributed by atoms with Gasteiger partial charge in [-0.3, -0.25) is 9.78 Å². The van der Waals surface area contributed by atoms with E-state index in [1.165, 1.54) is 6.92 Å². The number of carbonyl (C=O) groups excluding carboxylic acids is 1. The molecule has 0 aliphatic rings. The average molecular weight is 244 g/mol. The predicted octanol–water partition coefficient (Wildman–Crippen LogP) is 2.55. The first-order chi connectivity index (χ1) is 8.47. The Morgan fingerprint density at radius 3 is 2.72 bits per heavy atom. The van der Waals surface area contributed by atoms with E-state index in [1.807, 2.05) is 31.2 Å². The summed E-state index contributed by atoms with van der Waals surface area (Å²) >= 11 is 0. The molecule has 0 saturated heterocycles. The summed E-state index contributed by atoms with van der Waals surface area (Å²) in [7, 11) is 0. The number of aromatic nitrogens is 1. The first kappa shape index (κ1) is 12.5. The molecule has 1 amide bonds. The molecule has 1 unspecified atom stereocenters. The van der Waals surface area contributed by atoms with Crippen LogP contribution in [0.3, 0.4) is 0 Å². The Balaban J connectivity index is 2.54. The van der Waals surface area contributed by atoms with E-state index in [-0.39, 0.29) is 5.91 Å². The molecule has 1 atom stereocenters. The highest BCUT2D eigenvalue weighted by atomic mass is 16.3. The summed E-state index contributed by atoms with van der Waals surface area (Å²) in [6, 6.07) is 7.41. The number of aliphatic hydroxyl groups excluding tert-OH is 1. The van der Waals surface area contributed by atoms with Gasteiger partial charge in [0.1, 0.15) is 0 Å². The number of benzene rings is 1. The van der Waals surface area contributed by atoms with Gasteiger partial charge in [0.15, 0.2) is 0 Å². The Labute approximate surface area is 106 Å². The molecule has 0 aliphatic carbocycles. The van der Waals surface area contributed by atoms with E-state index in [4.69, 9.17) is 0 Å². The maximum absolute atomic E-state index is 11.0. The molecule has 18 heavy (non-hydrogen) atoms. The third-order valence-corrected chi connectivity index (χ3v) is 2.78. The number of anilines is 1. The molecule has 0 fully saturated rings. The zero-order valence-corrected chi connectivity index (χ0v) is 10.7. The lowest BCUT2D eigenvalue weighted by atomic mass is 10.1. The van der Waals surface area contributed by atoms with Gasteiger partial charge in [0.05, 0.1) is 17.3 Å². The highest BCUT2D eigenvalue weighted by molar-refractivity contribution is 5.93. The van der Waals surface area contributed by atoms with Gasteiger partial charge in [0.2, 0.25) is 5.91 Å². The third-order valence-electron chi connectivity index (χ3n) is 2.78. The smallest absolute Gasteiger partial charge is 0.221 e. The number of aryl methyl sites for hydroxylation is 1. The van der Waals surface area contributed by atoms with Crippen LogP contribution in [0.1, 0.15) is 31.2 Å². The van der Waals surface area contributed by atoms with E-state index in [0.717, 1.165) is 22.2 Å². The molecule has 2 N–H and O–H groups in total. The van der Waals surface area contributed by atoms with Crippen LogP contribution in [0.5, 0.6) is 0 Å². The molecule has 0 bridgehead atoms. The normalized spacial score (nSPS) is 12.4. The van der Waals surface area contributed by atoms with Gasteiger partial charge in [-0.05, 0) is 43.7 Å². The minimum Gasteiger partial charge on any atom is -0.387 e. The van der Waals surface area contributed by atoms with Crippen molar-refractivity contribution in [2.75, 3.05) is 5.32 Å². The number of pyridine rings is 1. The van der Waals surface area contributed by atoms with Crippen LogP contribution in [0.15, 0.2) is 24.3 Å². The number of nitrogens with zero attached hydrogens (tertiary/aromatic N) is 1. The Hall–Kier alpha value is -1.94. The van der Waals surface area contributed by atoms with Crippen molar-refractivity contribution in [1.82, 2.24) is 4.98 Å². The highest BCUT2D eigenvalue weighted by Crippen LogP contribution is 2.24. The zero-order valence-electron chi connectivity index (χ0n) is 10.7. The number of rotatable bonds is 2. The molecular weight excluding hydrogens is 228 g/mol. The van der Waals surface area contributed by atoms with Crippen molar-refractivity contribution in [1.29, 1.82) is 0 Å². The highest BCUT2D eigenvalue weighted by Gasteiger charge is 2.08. The summed E-state index contributed by atoms with van der Waals surface area (Å²) in [5.41, 5.74) is 3.26. The lowest BCUT2D eigenvalue weighted by molar-refractivity contribution is -0.114. The largest absolute Gasteiger partial charge is 0.387 e.